The van der Waals surface area contributed by atoms with Crippen LogP contribution in [0.15, 0.2) is 78.9 Å². The summed E-state index contributed by atoms with van der Waals surface area (Å²) in [4.78, 5) is 20.4. The number of aromatic nitrogens is 1. The lowest BCUT2D eigenvalue weighted by atomic mass is 10.0. The van der Waals surface area contributed by atoms with E-state index in [0.29, 0.717) is 22.2 Å². The lowest BCUT2D eigenvalue weighted by molar-refractivity contribution is 0.0342. The number of carbonyl (C=O) groups excluding carboxylic acids is 1. The second-order valence-corrected chi connectivity index (χ2v) is 8.91. The number of hydrogen-bond acceptors (Lipinski definition) is 4. The third-order valence-corrected chi connectivity index (χ3v) is 6.42. The summed E-state index contributed by atoms with van der Waals surface area (Å²) in [5.41, 5.74) is 4.80. The molecule has 0 radical (unpaired) electrons. The zero-order chi connectivity index (χ0) is 24.2. The highest BCUT2D eigenvalue weighted by Crippen LogP contribution is 2.27. The van der Waals surface area contributed by atoms with Gasteiger partial charge in [0.15, 0.2) is 0 Å². The summed E-state index contributed by atoms with van der Waals surface area (Å²) in [5, 5.41) is 3.55. The molecule has 0 bridgehead atoms. The highest BCUT2D eigenvalue weighted by atomic mass is 19.1. The smallest absolute Gasteiger partial charge is 0.252 e. The van der Waals surface area contributed by atoms with Crippen LogP contribution in [0, 0.1) is 5.82 Å². The minimum atomic E-state index is -0.398. The summed E-state index contributed by atoms with van der Waals surface area (Å²) in [6.07, 6.45) is 0. The van der Waals surface area contributed by atoms with Crippen molar-refractivity contribution in [1.29, 1.82) is 0 Å². The molecule has 6 heteroatoms. The van der Waals surface area contributed by atoms with E-state index in [-0.39, 0.29) is 11.9 Å². The molecular formula is C29H28FN3O2. The minimum Gasteiger partial charge on any atom is -0.379 e. The molecule has 5 nitrogen and oxygen atoms in total. The van der Waals surface area contributed by atoms with Crippen molar-refractivity contribution < 1.29 is 13.9 Å². The number of benzene rings is 3. The quantitative estimate of drug-likeness (QED) is 0.413. The van der Waals surface area contributed by atoms with Crippen LogP contribution in [0.5, 0.6) is 0 Å². The van der Waals surface area contributed by atoms with Gasteiger partial charge in [-0.15, -0.1) is 0 Å². The van der Waals surface area contributed by atoms with Gasteiger partial charge in [0.05, 0.1) is 36.0 Å². The molecule has 1 aromatic heterocycles. The van der Waals surface area contributed by atoms with Gasteiger partial charge in [0.2, 0.25) is 0 Å². The number of carbonyl (C=O) groups is 1. The van der Waals surface area contributed by atoms with Gasteiger partial charge in [0.25, 0.3) is 5.91 Å². The Labute approximate surface area is 204 Å². The van der Waals surface area contributed by atoms with Crippen LogP contribution in [-0.4, -0.2) is 42.1 Å². The topological polar surface area (TPSA) is 54.5 Å². The summed E-state index contributed by atoms with van der Waals surface area (Å²) >= 11 is 0. The van der Waals surface area contributed by atoms with Gasteiger partial charge in [-0.1, -0.05) is 54.6 Å². The number of rotatable bonds is 6. The van der Waals surface area contributed by atoms with Gasteiger partial charge >= 0.3 is 0 Å². The van der Waals surface area contributed by atoms with Crippen LogP contribution in [0.3, 0.4) is 0 Å². The first kappa shape index (κ1) is 23.1. The lowest BCUT2D eigenvalue weighted by Gasteiger charge is -2.26. The number of halogens is 1. The van der Waals surface area contributed by atoms with Crippen molar-refractivity contribution >= 4 is 16.8 Å². The monoisotopic (exact) mass is 469 g/mol. The molecule has 1 N–H and O–H groups in total. The Bertz CT molecular complexity index is 1320. The second kappa shape index (κ2) is 10.3. The zero-order valence-corrected chi connectivity index (χ0v) is 19.7. The van der Waals surface area contributed by atoms with Gasteiger partial charge in [-0.05, 0) is 42.3 Å². The lowest BCUT2D eigenvalue weighted by Crippen LogP contribution is -2.35. The number of fused-ring (bicyclic) bond motifs is 1. The molecule has 1 aliphatic rings. The Hall–Kier alpha value is -3.61. The number of pyridine rings is 1. The third-order valence-electron chi connectivity index (χ3n) is 6.42. The molecule has 4 aromatic rings. The number of ether oxygens (including phenoxy) is 1. The van der Waals surface area contributed by atoms with Crippen molar-refractivity contribution in [1.82, 2.24) is 15.2 Å². The van der Waals surface area contributed by atoms with Crippen molar-refractivity contribution in [2.24, 2.45) is 0 Å². The highest BCUT2D eigenvalue weighted by molar-refractivity contribution is 6.07. The predicted molar refractivity (Wildman–Crippen MR) is 136 cm³/mol. The van der Waals surface area contributed by atoms with E-state index in [0.717, 1.165) is 44.0 Å². The molecule has 1 amide bonds. The van der Waals surface area contributed by atoms with Gasteiger partial charge in [0.1, 0.15) is 5.82 Å². The molecule has 1 atom stereocenters. The molecule has 2 heterocycles. The minimum absolute atomic E-state index is 0.191. The number of amides is 1. The van der Waals surface area contributed by atoms with Gasteiger partial charge in [-0.25, -0.2) is 9.37 Å². The second-order valence-electron chi connectivity index (χ2n) is 8.91. The summed E-state index contributed by atoms with van der Waals surface area (Å²) in [6, 6.07) is 24.0. The normalized spacial score (nSPS) is 15.1. The van der Waals surface area contributed by atoms with Crippen molar-refractivity contribution in [3.63, 3.8) is 0 Å². The SMILES string of the molecule is CC(NC(=O)c1cc(-c2ccc(CN3CCOCC3)cc2)nc2ccc(F)cc12)c1ccccc1. The van der Waals surface area contributed by atoms with E-state index in [1.165, 1.54) is 17.7 Å². The van der Waals surface area contributed by atoms with Crippen LogP contribution in [0.1, 0.15) is 34.5 Å². The fraction of sp³-hybridized carbons (Fsp3) is 0.241. The maximum absolute atomic E-state index is 14.1. The number of nitrogens with zero attached hydrogens (tertiary/aromatic N) is 2. The van der Waals surface area contributed by atoms with Crippen LogP contribution in [0.2, 0.25) is 0 Å². The van der Waals surface area contributed by atoms with Crippen LogP contribution in [-0.2, 0) is 11.3 Å². The van der Waals surface area contributed by atoms with Gasteiger partial charge < -0.3 is 10.1 Å². The van der Waals surface area contributed by atoms with E-state index in [1.807, 2.05) is 49.4 Å². The standard InChI is InChI=1S/C29H28FN3O2/c1-20(22-5-3-2-4-6-22)31-29(34)26-18-28(32-27-12-11-24(30)17-25(26)27)23-9-7-21(8-10-23)19-33-13-15-35-16-14-33/h2-12,17-18,20H,13-16,19H2,1H3,(H,31,34). The average molecular weight is 470 g/mol. The first-order chi connectivity index (χ1) is 17.1. The Morgan fingerprint density at radius 3 is 2.51 bits per heavy atom. The Balaban J connectivity index is 1.44. The fourth-order valence-electron chi connectivity index (χ4n) is 4.43. The summed E-state index contributed by atoms with van der Waals surface area (Å²) in [6.45, 7) is 6.22. The Kier molecular flexibility index (Phi) is 6.84. The molecule has 0 spiro atoms. The molecule has 1 fully saturated rings. The maximum Gasteiger partial charge on any atom is 0.252 e. The molecular weight excluding hydrogens is 441 g/mol. The largest absolute Gasteiger partial charge is 0.379 e. The summed E-state index contributed by atoms with van der Waals surface area (Å²) in [7, 11) is 0. The number of nitrogens with one attached hydrogen (secondary N) is 1. The van der Waals surface area contributed by atoms with Crippen LogP contribution in [0.4, 0.5) is 4.39 Å². The van der Waals surface area contributed by atoms with Gasteiger partial charge in [-0.3, -0.25) is 9.69 Å². The molecule has 0 aliphatic carbocycles. The molecule has 1 aliphatic heterocycles. The van der Waals surface area contributed by atoms with Crippen molar-refractivity contribution in [3.05, 3.63) is 101 Å². The molecule has 0 saturated carbocycles. The first-order valence-electron chi connectivity index (χ1n) is 11.9. The van der Waals surface area contributed by atoms with E-state index < -0.39 is 5.82 Å². The van der Waals surface area contributed by atoms with E-state index in [2.05, 4.69) is 22.3 Å². The first-order valence-corrected chi connectivity index (χ1v) is 11.9. The van der Waals surface area contributed by atoms with Crippen LogP contribution < -0.4 is 5.32 Å². The number of morpholine rings is 1. The Morgan fingerprint density at radius 2 is 1.77 bits per heavy atom. The summed E-state index contributed by atoms with van der Waals surface area (Å²) in [5.74, 6) is -0.658. The third kappa shape index (κ3) is 5.39. The summed E-state index contributed by atoms with van der Waals surface area (Å²) < 4.78 is 19.5. The molecule has 5 rings (SSSR count). The number of hydrogen-bond donors (Lipinski definition) is 1. The Morgan fingerprint density at radius 1 is 1.03 bits per heavy atom. The van der Waals surface area contributed by atoms with E-state index in [1.54, 1.807) is 12.1 Å². The molecule has 1 saturated heterocycles. The maximum atomic E-state index is 14.1. The molecule has 178 valence electrons. The molecule has 3 aromatic carbocycles. The zero-order valence-electron chi connectivity index (χ0n) is 19.7. The average Bonchev–Trinajstić information content (AvgIpc) is 2.89. The highest BCUT2D eigenvalue weighted by Gasteiger charge is 2.18. The van der Waals surface area contributed by atoms with Crippen LogP contribution >= 0.6 is 0 Å². The molecule has 1 unspecified atom stereocenters. The van der Waals surface area contributed by atoms with Gasteiger partial charge in [0, 0.05) is 30.6 Å². The van der Waals surface area contributed by atoms with Crippen molar-refractivity contribution in [3.8, 4) is 11.3 Å². The molecule has 35 heavy (non-hydrogen) atoms. The van der Waals surface area contributed by atoms with Crippen molar-refractivity contribution in [2.45, 2.75) is 19.5 Å². The van der Waals surface area contributed by atoms with E-state index >= 15 is 0 Å². The fourth-order valence-corrected chi connectivity index (χ4v) is 4.43. The van der Waals surface area contributed by atoms with Crippen LogP contribution in [0.25, 0.3) is 22.2 Å². The van der Waals surface area contributed by atoms with Crippen molar-refractivity contribution in [2.75, 3.05) is 26.3 Å². The predicted octanol–water partition coefficient (Wildman–Crippen LogP) is 5.36. The van der Waals surface area contributed by atoms with E-state index in [9.17, 15) is 9.18 Å². The van der Waals surface area contributed by atoms with E-state index in [4.69, 9.17) is 9.72 Å². The van der Waals surface area contributed by atoms with Gasteiger partial charge in [-0.2, -0.15) is 0 Å².